The van der Waals surface area contributed by atoms with Crippen LogP contribution in [0.15, 0.2) is 34.1 Å². The van der Waals surface area contributed by atoms with Gasteiger partial charge < -0.3 is 5.32 Å². The molecule has 94 valence electrons. The van der Waals surface area contributed by atoms with Crippen LogP contribution >= 0.6 is 12.6 Å². The first-order valence-corrected chi connectivity index (χ1v) is 7.42. The lowest BCUT2D eigenvalue weighted by molar-refractivity contribution is 0.310. The summed E-state index contributed by atoms with van der Waals surface area (Å²) in [6, 6.07) is 6.98. The van der Waals surface area contributed by atoms with E-state index in [1.165, 1.54) is 4.31 Å². The van der Waals surface area contributed by atoms with Gasteiger partial charge in [-0.25, -0.2) is 8.42 Å². The number of hydrogen-bond donors (Lipinski definition) is 2. The third-order valence-corrected chi connectivity index (χ3v) is 5.28. The molecule has 1 fully saturated rings. The summed E-state index contributed by atoms with van der Waals surface area (Å²) in [5.74, 6) is 0. The van der Waals surface area contributed by atoms with Gasteiger partial charge in [0.25, 0.3) is 0 Å². The van der Waals surface area contributed by atoms with E-state index < -0.39 is 10.0 Å². The van der Waals surface area contributed by atoms with Gasteiger partial charge in [0, 0.05) is 30.6 Å². The molecule has 0 radical (unpaired) electrons. The van der Waals surface area contributed by atoms with Crippen molar-refractivity contribution in [2.24, 2.45) is 0 Å². The summed E-state index contributed by atoms with van der Waals surface area (Å²) >= 11 is 4.21. The molecule has 0 bridgehead atoms. The Labute approximate surface area is 107 Å². The van der Waals surface area contributed by atoms with Crippen molar-refractivity contribution in [2.75, 3.05) is 19.6 Å². The molecule has 1 heterocycles. The van der Waals surface area contributed by atoms with E-state index >= 15 is 0 Å². The number of thiol groups is 1. The van der Waals surface area contributed by atoms with E-state index in [9.17, 15) is 8.42 Å². The smallest absolute Gasteiger partial charge is 0.244 e. The van der Waals surface area contributed by atoms with E-state index in [2.05, 4.69) is 17.9 Å². The second-order valence-electron chi connectivity index (χ2n) is 4.19. The number of sulfonamides is 1. The predicted molar refractivity (Wildman–Crippen MR) is 69.9 cm³/mol. The highest BCUT2D eigenvalue weighted by atomic mass is 32.2. The molecule has 0 unspecified atom stereocenters. The molecule has 1 aliphatic heterocycles. The molecule has 1 aromatic carbocycles. The standard InChI is InChI=1S/C11H16N2O2S2/c1-9-8-13(7-6-12-9)17(14,15)11-5-3-2-4-10(11)16/h2-5,9,12,16H,6-8H2,1H3/t9-/m0/s1. The lowest BCUT2D eigenvalue weighted by atomic mass is 10.3. The van der Waals surface area contributed by atoms with Crippen LogP contribution < -0.4 is 5.32 Å². The molecule has 4 nitrogen and oxygen atoms in total. The van der Waals surface area contributed by atoms with Crippen LogP contribution in [0.2, 0.25) is 0 Å². The van der Waals surface area contributed by atoms with E-state index in [0.29, 0.717) is 24.5 Å². The quantitative estimate of drug-likeness (QED) is 0.788. The van der Waals surface area contributed by atoms with Crippen LogP contribution in [0, 0.1) is 0 Å². The fraction of sp³-hybridized carbons (Fsp3) is 0.455. The topological polar surface area (TPSA) is 49.4 Å². The van der Waals surface area contributed by atoms with Crippen molar-refractivity contribution in [3.05, 3.63) is 24.3 Å². The van der Waals surface area contributed by atoms with E-state index in [1.807, 2.05) is 6.92 Å². The highest BCUT2D eigenvalue weighted by molar-refractivity contribution is 7.90. The van der Waals surface area contributed by atoms with Crippen LogP contribution in [0.5, 0.6) is 0 Å². The zero-order chi connectivity index (χ0) is 12.5. The van der Waals surface area contributed by atoms with Crippen molar-refractivity contribution in [2.45, 2.75) is 22.8 Å². The Bertz CT molecular complexity index is 502. The van der Waals surface area contributed by atoms with Crippen LogP contribution in [0.3, 0.4) is 0 Å². The van der Waals surface area contributed by atoms with Crippen LogP contribution in [-0.2, 0) is 10.0 Å². The second-order valence-corrected chi connectivity index (χ2v) is 6.57. The first kappa shape index (κ1) is 12.9. The summed E-state index contributed by atoms with van der Waals surface area (Å²) < 4.78 is 26.3. The monoisotopic (exact) mass is 272 g/mol. The van der Waals surface area contributed by atoms with Crippen molar-refractivity contribution in [1.82, 2.24) is 9.62 Å². The largest absolute Gasteiger partial charge is 0.312 e. The van der Waals surface area contributed by atoms with E-state index in [0.717, 1.165) is 0 Å². The maximum absolute atomic E-state index is 12.4. The van der Waals surface area contributed by atoms with Crippen LogP contribution in [0.4, 0.5) is 0 Å². The van der Waals surface area contributed by atoms with Gasteiger partial charge in [0.05, 0.1) is 4.90 Å². The lowest BCUT2D eigenvalue weighted by Crippen LogP contribution is -2.51. The molecule has 1 saturated heterocycles. The summed E-state index contributed by atoms with van der Waals surface area (Å²) in [5, 5.41) is 3.22. The van der Waals surface area contributed by atoms with Gasteiger partial charge in [-0.15, -0.1) is 12.6 Å². The molecule has 0 saturated carbocycles. The third kappa shape index (κ3) is 2.65. The summed E-state index contributed by atoms with van der Waals surface area (Å²) in [6.07, 6.45) is 0. The molecule has 1 atom stereocenters. The average Bonchev–Trinajstić information content (AvgIpc) is 2.29. The van der Waals surface area contributed by atoms with Gasteiger partial charge in [-0.05, 0) is 19.1 Å². The molecule has 0 aromatic heterocycles. The zero-order valence-corrected chi connectivity index (χ0v) is 11.3. The van der Waals surface area contributed by atoms with Gasteiger partial charge in [0.15, 0.2) is 0 Å². The number of nitrogens with one attached hydrogen (secondary N) is 1. The summed E-state index contributed by atoms with van der Waals surface area (Å²) in [7, 11) is -3.41. The van der Waals surface area contributed by atoms with Crippen molar-refractivity contribution >= 4 is 22.7 Å². The molecule has 0 amide bonds. The van der Waals surface area contributed by atoms with Crippen molar-refractivity contribution in [3.8, 4) is 0 Å². The van der Waals surface area contributed by atoms with E-state index in [1.54, 1.807) is 24.3 Å². The van der Waals surface area contributed by atoms with Gasteiger partial charge in [0.1, 0.15) is 0 Å². The number of rotatable bonds is 2. The fourth-order valence-electron chi connectivity index (χ4n) is 1.93. The molecule has 0 spiro atoms. The highest BCUT2D eigenvalue weighted by Gasteiger charge is 2.29. The Morgan fingerprint density at radius 3 is 2.76 bits per heavy atom. The Morgan fingerprint density at radius 1 is 1.41 bits per heavy atom. The first-order valence-electron chi connectivity index (χ1n) is 5.53. The lowest BCUT2D eigenvalue weighted by Gasteiger charge is -2.31. The number of nitrogens with zero attached hydrogens (tertiary/aromatic N) is 1. The van der Waals surface area contributed by atoms with Crippen molar-refractivity contribution in [1.29, 1.82) is 0 Å². The maximum Gasteiger partial charge on any atom is 0.244 e. The van der Waals surface area contributed by atoms with Gasteiger partial charge in [-0.3, -0.25) is 0 Å². The predicted octanol–water partition coefficient (Wildman–Crippen LogP) is 0.958. The van der Waals surface area contributed by atoms with Crippen molar-refractivity contribution in [3.63, 3.8) is 0 Å². The molecule has 0 aliphatic carbocycles. The molecular weight excluding hydrogens is 256 g/mol. The normalized spacial score (nSPS) is 22.6. The molecule has 1 N–H and O–H groups in total. The molecular formula is C11H16N2O2S2. The zero-order valence-electron chi connectivity index (χ0n) is 9.63. The Kier molecular flexibility index (Phi) is 3.77. The van der Waals surface area contributed by atoms with Gasteiger partial charge >= 0.3 is 0 Å². The minimum absolute atomic E-state index is 0.186. The molecule has 1 aromatic rings. The average molecular weight is 272 g/mol. The molecule has 2 rings (SSSR count). The van der Waals surface area contributed by atoms with Gasteiger partial charge in [-0.1, -0.05) is 12.1 Å². The van der Waals surface area contributed by atoms with E-state index in [-0.39, 0.29) is 10.9 Å². The van der Waals surface area contributed by atoms with Gasteiger partial charge in [0.2, 0.25) is 10.0 Å². The molecule has 17 heavy (non-hydrogen) atoms. The molecule has 6 heteroatoms. The second kappa shape index (κ2) is 4.97. The van der Waals surface area contributed by atoms with Gasteiger partial charge in [-0.2, -0.15) is 4.31 Å². The van der Waals surface area contributed by atoms with E-state index in [4.69, 9.17) is 0 Å². The number of piperazine rings is 1. The Balaban J connectivity index is 2.33. The molecule has 1 aliphatic rings. The summed E-state index contributed by atoms with van der Waals surface area (Å²) in [4.78, 5) is 0.788. The van der Waals surface area contributed by atoms with Crippen LogP contribution in [0.1, 0.15) is 6.92 Å². The number of benzene rings is 1. The van der Waals surface area contributed by atoms with Crippen molar-refractivity contribution < 1.29 is 8.42 Å². The fourth-order valence-corrected chi connectivity index (χ4v) is 4.05. The third-order valence-electron chi connectivity index (χ3n) is 2.81. The summed E-state index contributed by atoms with van der Waals surface area (Å²) in [6.45, 7) is 3.68. The first-order chi connectivity index (χ1) is 8.01. The highest BCUT2D eigenvalue weighted by Crippen LogP contribution is 2.23. The number of hydrogen-bond acceptors (Lipinski definition) is 4. The van der Waals surface area contributed by atoms with Crippen LogP contribution in [0.25, 0.3) is 0 Å². The minimum Gasteiger partial charge on any atom is -0.312 e. The Hall–Kier alpha value is -0.560. The Morgan fingerprint density at radius 2 is 2.12 bits per heavy atom. The minimum atomic E-state index is -3.41. The van der Waals surface area contributed by atoms with Crippen LogP contribution in [-0.4, -0.2) is 38.4 Å². The maximum atomic E-state index is 12.4. The summed E-state index contributed by atoms with van der Waals surface area (Å²) in [5.41, 5.74) is 0. The SMILES string of the molecule is C[C@H]1CN(S(=O)(=O)c2ccccc2S)CCN1.